The van der Waals surface area contributed by atoms with Crippen LogP contribution in [0.4, 0.5) is 4.39 Å². The Morgan fingerprint density at radius 2 is 2.16 bits per heavy atom. The van der Waals surface area contributed by atoms with Gasteiger partial charge in [-0.2, -0.15) is 0 Å². The van der Waals surface area contributed by atoms with E-state index in [1.165, 1.54) is 19.3 Å². The quantitative estimate of drug-likeness (QED) is 0.904. The smallest absolute Gasteiger partial charge is 0.137 e. The molecular formula is C15H20BrFN2. The van der Waals surface area contributed by atoms with Gasteiger partial charge in [0.2, 0.25) is 0 Å². The number of benzene rings is 1. The van der Waals surface area contributed by atoms with Gasteiger partial charge in [-0.25, -0.2) is 4.39 Å². The maximum Gasteiger partial charge on any atom is 0.137 e. The summed E-state index contributed by atoms with van der Waals surface area (Å²) in [7, 11) is 0. The molecule has 2 aliphatic rings. The summed E-state index contributed by atoms with van der Waals surface area (Å²) in [4.78, 5) is 2.43. The molecule has 1 aromatic rings. The number of hydrogen-bond donors (Lipinski definition) is 1. The maximum atomic E-state index is 13.5. The molecule has 1 heterocycles. The predicted molar refractivity (Wildman–Crippen MR) is 78.2 cm³/mol. The van der Waals surface area contributed by atoms with E-state index in [1.54, 1.807) is 12.1 Å². The lowest BCUT2D eigenvalue weighted by Crippen LogP contribution is -2.38. The normalized spacial score (nSPS) is 31.4. The molecule has 0 aromatic heterocycles. The van der Waals surface area contributed by atoms with E-state index in [-0.39, 0.29) is 5.82 Å². The second kappa shape index (κ2) is 5.51. The molecule has 3 rings (SSSR count). The van der Waals surface area contributed by atoms with Crippen molar-refractivity contribution in [3.8, 4) is 0 Å². The highest BCUT2D eigenvalue weighted by Crippen LogP contribution is 2.36. The largest absolute Gasteiger partial charge is 0.327 e. The summed E-state index contributed by atoms with van der Waals surface area (Å²) in [5.74, 6) is 1.23. The van der Waals surface area contributed by atoms with Crippen molar-refractivity contribution in [1.82, 2.24) is 4.90 Å². The first-order valence-corrected chi connectivity index (χ1v) is 7.84. The van der Waals surface area contributed by atoms with E-state index in [0.29, 0.717) is 16.4 Å². The van der Waals surface area contributed by atoms with Crippen LogP contribution in [0.5, 0.6) is 0 Å². The van der Waals surface area contributed by atoms with Crippen molar-refractivity contribution >= 4 is 15.9 Å². The van der Waals surface area contributed by atoms with Gasteiger partial charge in [-0.05, 0) is 58.3 Å². The van der Waals surface area contributed by atoms with Crippen LogP contribution in [0.25, 0.3) is 0 Å². The first-order chi connectivity index (χ1) is 9.13. The molecule has 1 saturated heterocycles. The molecule has 2 nitrogen and oxygen atoms in total. The number of hydrogen-bond acceptors (Lipinski definition) is 2. The third kappa shape index (κ3) is 2.86. The van der Waals surface area contributed by atoms with E-state index < -0.39 is 0 Å². The number of likely N-dealkylation sites (tertiary alicyclic amines) is 1. The monoisotopic (exact) mass is 326 g/mol. The minimum Gasteiger partial charge on any atom is -0.327 e. The SMILES string of the molecule is NC1CCCC2CN(Cc3ccc(Br)c(F)c3)CC12. The molecule has 2 N–H and O–H groups in total. The standard InChI is InChI=1S/C15H20BrFN2/c16-13-5-4-10(6-14(13)17)7-19-8-11-2-1-3-15(18)12(11)9-19/h4-6,11-12,15H,1-3,7-9,18H2. The van der Waals surface area contributed by atoms with Gasteiger partial charge in [-0.1, -0.05) is 12.5 Å². The van der Waals surface area contributed by atoms with Crippen molar-refractivity contribution in [2.24, 2.45) is 17.6 Å². The van der Waals surface area contributed by atoms with Gasteiger partial charge in [0.15, 0.2) is 0 Å². The van der Waals surface area contributed by atoms with Gasteiger partial charge in [0.1, 0.15) is 5.82 Å². The van der Waals surface area contributed by atoms with Gasteiger partial charge in [0, 0.05) is 25.7 Å². The second-order valence-electron chi connectivity index (χ2n) is 5.96. The summed E-state index contributed by atoms with van der Waals surface area (Å²) in [6.45, 7) is 3.03. The van der Waals surface area contributed by atoms with Crippen LogP contribution in [0.3, 0.4) is 0 Å². The Bertz CT molecular complexity index is 465. The lowest BCUT2D eigenvalue weighted by Gasteiger charge is -2.29. The molecule has 3 atom stereocenters. The van der Waals surface area contributed by atoms with Crippen molar-refractivity contribution in [3.63, 3.8) is 0 Å². The molecule has 0 amide bonds. The molecule has 19 heavy (non-hydrogen) atoms. The van der Waals surface area contributed by atoms with Crippen molar-refractivity contribution in [3.05, 3.63) is 34.1 Å². The fraction of sp³-hybridized carbons (Fsp3) is 0.600. The van der Waals surface area contributed by atoms with Crippen LogP contribution >= 0.6 is 15.9 Å². The number of halogens is 2. The Morgan fingerprint density at radius 1 is 1.32 bits per heavy atom. The average Bonchev–Trinajstić information content (AvgIpc) is 2.78. The maximum absolute atomic E-state index is 13.5. The highest BCUT2D eigenvalue weighted by molar-refractivity contribution is 9.10. The van der Waals surface area contributed by atoms with Gasteiger partial charge in [0.25, 0.3) is 0 Å². The molecule has 0 bridgehead atoms. The molecule has 1 aliphatic carbocycles. The lowest BCUT2D eigenvalue weighted by atomic mass is 9.78. The highest BCUT2D eigenvalue weighted by atomic mass is 79.9. The van der Waals surface area contributed by atoms with Gasteiger partial charge in [-0.15, -0.1) is 0 Å². The van der Waals surface area contributed by atoms with Crippen LogP contribution in [0.15, 0.2) is 22.7 Å². The van der Waals surface area contributed by atoms with Crippen molar-refractivity contribution in [1.29, 1.82) is 0 Å². The minimum absolute atomic E-state index is 0.175. The third-order valence-electron chi connectivity index (χ3n) is 4.62. The number of nitrogens with two attached hydrogens (primary N) is 1. The molecule has 3 unspecified atom stereocenters. The summed E-state index contributed by atoms with van der Waals surface area (Å²) in [5, 5.41) is 0. The Morgan fingerprint density at radius 3 is 2.89 bits per heavy atom. The molecule has 1 aliphatic heterocycles. The zero-order valence-electron chi connectivity index (χ0n) is 11.0. The molecular weight excluding hydrogens is 307 g/mol. The van der Waals surface area contributed by atoms with Crippen LogP contribution in [-0.4, -0.2) is 24.0 Å². The second-order valence-corrected chi connectivity index (χ2v) is 6.82. The summed E-state index contributed by atoms with van der Waals surface area (Å²) in [5.41, 5.74) is 7.28. The molecule has 0 spiro atoms. The summed E-state index contributed by atoms with van der Waals surface area (Å²) < 4.78 is 14.1. The van der Waals surface area contributed by atoms with Crippen LogP contribution in [0.1, 0.15) is 24.8 Å². The Labute approximate surface area is 122 Å². The average molecular weight is 327 g/mol. The van der Waals surface area contributed by atoms with E-state index in [4.69, 9.17) is 5.73 Å². The molecule has 0 radical (unpaired) electrons. The van der Waals surface area contributed by atoms with Gasteiger partial charge in [0.05, 0.1) is 4.47 Å². The van der Waals surface area contributed by atoms with E-state index in [2.05, 4.69) is 20.8 Å². The van der Waals surface area contributed by atoms with E-state index in [1.807, 2.05) is 6.07 Å². The predicted octanol–water partition coefficient (Wildman–Crippen LogP) is 3.15. The van der Waals surface area contributed by atoms with Crippen molar-refractivity contribution in [2.45, 2.75) is 31.8 Å². The number of rotatable bonds is 2. The highest BCUT2D eigenvalue weighted by Gasteiger charge is 2.38. The first-order valence-electron chi connectivity index (χ1n) is 7.05. The van der Waals surface area contributed by atoms with E-state index in [0.717, 1.165) is 31.1 Å². The number of fused-ring (bicyclic) bond motifs is 1. The summed E-state index contributed by atoms with van der Waals surface area (Å²) in [6, 6.07) is 5.78. The minimum atomic E-state index is -0.175. The van der Waals surface area contributed by atoms with Crippen LogP contribution in [0.2, 0.25) is 0 Å². The van der Waals surface area contributed by atoms with Gasteiger partial charge >= 0.3 is 0 Å². The summed E-state index contributed by atoms with van der Waals surface area (Å²) >= 11 is 3.19. The van der Waals surface area contributed by atoms with Crippen LogP contribution < -0.4 is 5.73 Å². The zero-order valence-corrected chi connectivity index (χ0v) is 12.6. The molecule has 4 heteroatoms. The van der Waals surface area contributed by atoms with Crippen molar-refractivity contribution in [2.75, 3.05) is 13.1 Å². The fourth-order valence-corrected chi connectivity index (χ4v) is 3.88. The molecule has 1 saturated carbocycles. The fourth-order valence-electron chi connectivity index (χ4n) is 3.63. The zero-order chi connectivity index (χ0) is 13.4. The Balaban J connectivity index is 1.66. The summed E-state index contributed by atoms with van der Waals surface area (Å²) in [6.07, 6.45) is 3.74. The lowest BCUT2D eigenvalue weighted by molar-refractivity contribution is 0.259. The van der Waals surface area contributed by atoms with E-state index >= 15 is 0 Å². The topological polar surface area (TPSA) is 29.3 Å². The van der Waals surface area contributed by atoms with Gasteiger partial charge in [-0.3, -0.25) is 4.90 Å². The van der Waals surface area contributed by atoms with Crippen molar-refractivity contribution < 1.29 is 4.39 Å². The molecule has 1 aromatic carbocycles. The first kappa shape index (κ1) is 13.5. The van der Waals surface area contributed by atoms with E-state index in [9.17, 15) is 4.39 Å². The van der Waals surface area contributed by atoms with Crippen LogP contribution in [-0.2, 0) is 6.54 Å². The molecule has 2 fully saturated rings. The third-order valence-corrected chi connectivity index (χ3v) is 5.26. The van der Waals surface area contributed by atoms with Gasteiger partial charge < -0.3 is 5.73 Å². The Hall–Kier alpha value is -0.450. The molecule has 104 valence electrons. The number of nitrogens with zero attached hydrogens (tertiary/aromatic N) is 1. The van der Waals surface area contributed by atoms with Crippen LogP contribution in [0, 0.1) is 17.7 Å². The Kier molecular flexibility index (Phi) is 3.92.